The summed E-state index contributed by atoms with van der Waals surface area (Å²) in [6.07, 6.45) is 6.05. The van der Waals surface area contributed by atoms with Crippen molar-refractivity contribution in [3.8, 4) is 0 Å². The number of rotatable bonds is 5. The average Bonchev–Trinajstić information content (AvgIpc) is 3.48. The second kappa shape index (κ2) is 7.50. The van der Waals surface area contributed by atoms with Gasteiger partial charge in [0, 0.05) is 51.0 Å². The number of pyridine rings is 1. The van der Waals surface area contributed by atoms with Crippen molar-refractivity contribution in [1.29, 1.82) is 0 Å². The topological polar surface area (TPSA) is 45.7 Å². The van der Waals surface area contributed by atoms with Gasteiger partial charge in [0.15, 0.2) is 5.60 Å². The van der Waals surface area contributed by atoms with Gasteiger partial charge in [-0.2, -0.15) is 0 Å². The molecule has 1 aromatic carbocycles. The van der Waals surface area contributed by atoms with Crippen LogP contribution in [0.5, 0.6) is 0 Å². The highest BCUT2D eigenvalue weighted by atomic mass is 19.1. The fourth-order valence-corrected chi connectivity index (χ4v) is 4.76. The molecule has 0 radical (unpaired) electrons. The lowest BCUT2D eigenvalue weighted by molar-refractivity contribution is -0.172. The lowest BCUT2D eigenvalue weighted by Crippen LogP contribution is -2.60. The van der Waals surface area contributed by atoms with Gasteiger partial charge >= 0.3 is 0 Å². The highest BCUT2D eigenvalue weighted by molar-refractivity contribution is 5.88. The SMILES string of the molecule is O=C1N(CC2CC2)CCO[C@]12CN(Cc1ccc(F)cc1)C[C@H]2c1cccnc1. The number of aromatic nitrogens is 1. The number of ether oxygens (including phenoxy) is 1. The fourth-order valence-electron chi connectivity index (χ4n) is 4.76. The highest BCUT2D eigenvalue weighted by Gasteiger charge is 2.57. The number of halogens is 1. The molecule has 152 valence electrons. The third kappa shape index (κ3) is 3.67. The third-order valence-corrected chi connectivity index (χ3v) is 6.41. The van der Waals surface area contributed by atoms with E-state index >= 15 is 0 Å². The highest BCUT2D eigenvalue weighted by Crippen LogP contribution is 2.43. The van der Waals surface area contributed by atoms with Crippen molar-refractivity contribution in [2.75, 3.05) is 32.8 Å². The molecule has 2 aliphatic heterocycles. The second-order valence-electron chi connectivity index (χ2n) is 8.57. The summed E-state index contributed by atoms with van der Waals surface area (Å²) in [6, 6.07) is 10.5. The number of amides is 1. The molecule has 2 atom stereocenters. The summed E-state index contributed by atoms with van der Waals surface area (Å²) in [5.41, 5.74) is 1.21. The zero-order valence-corrected chi connectivity index (χ0v) is 16.5. The van der Waals surface area contributed by atoms with Crippen LogP contribution in [-0.4, -0.2) is 59.1 Å². The Balaban J connectivity index is 1.43. The molecular weight excluding hydrogens is 369 g/mol. The van der Waals surface area contributed by atoms with Crippen molar-refractivity contribution in [2.45, 2.75) is 30.9 Å². The Labute approximate surface area is 170 Å². The van der Waals surface area contributed by atoms with Gasteiger partial charge in [0.1, 0.15) is 5.82 Å². The van der Waals surface area contributed by atoms with Crippen molar-refractivity contribution < 1.29 is 13.9 Å². The molecule has 0 unspecified atom stereocenters. The van der Waals surface area contributed by atoms with Gasteiger partial charge < -0.3 is 9.64 Å². The first-order valence-electron chi connectivity index (χ1n) is 10.4. The first kappa shape index (κ1) is 18.7. The van der Waals surface area contributed by atoms with E-state index in [9.17, 15) is 9.18 Å². The number of likely N-dealkylation sites (tertiary alicyclic amines) is 1. The van der Waals surface area contributed by atoms with Crippen LogP contribution in [0.25, 0.3) is 0 Å². The molecule has 29 heavy (non-hydrogen) atoms. The number of benzene rings is 1. The molecule has 1 spiro atoms. The molecule has 1 amide bonds. The summed E-state index contributed by atoms with van der Waals surface area (Å²) in [6.45, 7) is 4.02. The van der Waals surface area contributed by atoms with Crippen LogP contribution in [0.3, 0.4) is 0 Å². The molecule has 5 rings (SSSR count). The van der Waals surface area contributed by atoms with Crippen LogP contribution in [-0.2, 0) is 16.1 Å². The lowest BCUT2D eigenvalue weighted by atomic mass is 9.83. The van der Waals surface area contributed by atoms with E-state index in [4.69, 9.17) is 4.74 Å². The van der Waals surface area contributed by atoms with E-state index in [0.29, 0.717) is 38.7 Å². The monoisotopic (exact) mass is 395 g/mol. The Morgan fingerprint density at radius 2 is 2.03 bits per heavy atom. The predicted octanol–water partition coefficient (Wildman–Crippen LogP) is 2.83. The molecule has 3 heterocycles. The normalized spacial score (nSPS) is 27.7. The Morgan fingerprint density at radius 1 is 1.21 bits per heavy atom. The Bertz CT molecular complexity index is 871. The first-order chi connectivity index (χ1) is 14.1. The summed E-state index contributed by atoms with van der Waals surface area (Å²) in [4.78, 5) is 22.2. The van der Waals surface area contributed by atoms with Crippen molar-refractivity contribution in [3.05, 3.63) is 65.7 Å². The molecule has 0 N–H and O–H groups in total. The van der Waals surface area contributed by atoms with Gasteiger partial charge in [-0.05, 0) is 48.1 Å². The molecule has 3 aliphatic rings. The molecule has 0 bridgehead atoms. The van der Waals surface area contributed by atoms with Crippen LogP contribution in [0.1, 0.15) is 29.9 Å². The standard InChI is InChI=1S/C23H26FN3O2/c24-20-7-5-17(6-8-20)13-26-15-21(19-2-1-9-25-12-19)23(16-26)22(28)27(10-11-29-23)14-18-3-4-18/h1-2,5-9,12,18,21H,3-4,10-11,13-16H2/t21-,23-/m0/s1. The summed E-state index contributed by atoms with van der Waals surface area (Å²) in [5.74, 6) is 0.473. The molecule has 5 nitrogen and oxygen atoms in total. The molecule has 1 aromatic heterocycles. The van der Waals surface area contributed by atoms with Crippen molar-refractivity contribution in [3.63, 3.8) is 0 Å². The van der Waals surface area contributed by atoms with Gasteiger partial charge in [-0.25, -0.2) is 4.39 Å². The van der Waals surface area contributed by atoms with E-state index in [2.05, 4.69) is 9.88 Å². The zero-order chi connectivity index (χ0) is 19.8. The number of carbonyl (C=O) groups is 1. The van der Waals surface area contributed by atoms with Crippen molar-refractivity contribution >= 4 is 5.91 Å². The quantitative estimate of drug-likeness (QED) is 0.781. The van der Waals surface area contributed by atoms with Crippen LogP contribution in [0.15, 0.2) is 48.8 Å². The molecular formula is C23H26FN3O2. The average molecular weight is 395 g/mol. The smallest absolute Gasteiger partial charge is 0.256 e. The van der Waals surface area contributed by atoms with Gasteiger partial charge in [0.05, 0.1) is 6.61 Å². The van der Waals surface area contributed by atoms with E-state index in [-0.39, 0.29) is 17.6 Å². The molecule has 1 aliphatic carbocycles. The molecule has 6 heteroatoms. The van der Waals surface area contributed by atoms with E-state index in [1.54, 1.807) is 6.20 Å². The zero-order valence-electron chi connectivity index (χ0n) is 16.5. The van der Waals surface area contributed by atoms with Crippen molar-refractivity contribution in [2.24, 2.45) is 5.92 Å². The van der Waals surface area contributed by atoms with Gasteiger partial charge in [0.2, 0.25) is 0 Å². The molecule has 1 saturated carbocycles. The number of morpholine rings is 1. The van der Waals surface area contributed by atoms with Crippen LogP contribution < -0.4 is 0 Å². The Kier molecular flexibility index (Phi) is 4.84. The second-order valence-corrected chi connectivity index (χ2v) is 8.57. The number of carbonyl (C=O) groups excluding carboxylic acids is 1. The first-order valence-corrected chi connectivity index (χ1v) is 10.4. The summed E-state index contributed by atoms with van der Waals surface area (Å²) in [7, 11) is 0. The number of nitrogens with zero attached hydrogens (tertiary/aromatic N) is 3. The maximum absolute atomic E-state index is 13.6. The maximum atomic E-state index is 13.6. The van der Waals surface area contributed by atoms with Crippen LogP contribution in [0.2, 0.25) is 0 Å². The summed E-state index contributed by atoms with van der Waals surface area (Å²) < 4.78 is 19.6. The Morgan fingerprint density at radius 3 is 2.76 bits per heavy atom. The van der Waals surface area contributed by atoms with Crippen molar-refractivity contribution in [1.82, 2.24) is 14.8 Å². The van der Waals surface area contributed by atoms with E-state index < -0.39 is 5.60 Å². The predicted molar refractivity (Wildman–Crippen MR) is 107 cm³/mol. The Hall–Kier alpha value is -2.31. The number of hydrogen-bond donors (Lipinski definition) is 0. The van der Waals surface area contributed by atoms with Crippen LogP contribution in [0, 0.1) is 11.7 Å². The number of hydrogen-bond acceptors (Lipinski definition) is 4. The summed E-state index contributed by atoms with van der Waals surface area (Å²) in [5, 5.41) is 0. The lowest BCUT2D eigenvalue weighted by Gasteiger charge is -2.42. The van der Waals surface area contributed by atoms with E-state index in [0.717, 1.165) is 17.7 Å². The molecule has 2 aromatic rings. The van der Waals surface area contributed by atoms with E-state index in [1.807, 2.05) is 35.4 Å². The van der Waals surface area contributed by atoms with Crippen LogP contribution in [0.4, 0.5) is 4.39 Å². The van der Waals surface area contributed by atoms with Crippen LogP contribution >= 0.6 is 0 Å². The molecule has 2 saturated heterocycles. The minimum atomic E-state index is -0.865. The molecule has 3 fully saturated rings. The van der Waals surface area contributed by atoms with E-state index in [1.165, 1.54) is 25.0 Å². The largest absolute Gasteiger partial charge is 0.361 e. The van der Waals surface area contributed by atoms with Gasteiger partial charge in [-0.3, -0.25) is 14.7 Å². The third-order valence-electron chi connectivity index (χ3n) is 6.41. The fraction of sp³-hybridized carbons (Fsp3) is 0.478. The maximum Gasteiger partial charge on any atom is 0.256 e. The summed E-state index contributed by atoms with van der Waals surface area (Å²) >= 11 is 0. The van der Waals surface area contributed by atoms with Gasteiger partial charge in [0.25, 0.3) is 5.91 Å². The minimum absolute atomic E-state index is 0.0637. The van der Waals surface area contributed by atoms with Gasteiger partial charge in [-0.1, -0.05) is 18.2 Å². The minimum Gasteiger partial charge on any atom is -0.361 e. The van der Waals surface area contributed by atoms with Gasteiger partial charge in [-0.15, -0.1) is 0 Å².